The second-order valence-electron chi connectivity index (χ2n) is 8.99. The molecule has 0 fully saturated rings. The summed E-state index contributed by atoms with van der Waals surface area (Å²) in [4.78, 5) is 38.5. The van der Waals surface area contributed by atoms with E-state index < -0.39 is 18.1 Å². The minimum Gasteiger partial charge on any atom is -0.478 e. The quantitative estimate of drug-likeness (QED) is 0.583. The summed E-state index contributed by atoms with van der Waals surface area (Å²) in [5, 5.41) is 11.9. The van der Waals surface area contributed by atoms with Crippen molar-refractivity contribution in [2.24, 2.45) is 0 Å². The summed E-state index contributed by atoms with van der Waals surface area (Å²) < 4.78 is 5.56. The molecule has 0 bridgehead atoms. The topological polar surface area (TPSA) is 95.9 Å². The fourth-order valence-corrected chi connectivity index (χ4v) is 5.03. The maximum Gasteiger partial charge on any atom is 0.407 e. The van der Waals surface area contributed by atoms with E-state index >= 15 is 0 Å². The SMILES string of the molecule is C[C@H](NC(=O)OCC1c2ccccc2-c2ccccc21)C(=O)N1CCc2ccc(C(=O)O)cc2C1. The van der Waals surface area contributed by atoms with Crippen molar-refractivity contribution in [2.75, 3.05) is 13.2 Å². The molecule has 7 heteroatoms. The standard InChI is InChI=1S/C28H26N2O5/c1-17(26(31)30-13-12-18-10-11-19(27(32)33)14-20(18)15-30)29-28(34)35-16-25-23-8-4-2-6-21(23)22-7-3-5-9-24(22)25/h2-11,14,17,25H,12-13,15-16H2,1H3,(H,29,34)(H,32,33)/t17-/m0/s1. The highest BCUT2D eigenvalue weighted by Crippen LogP contribution is 2.44. The van der Waals surface area contributed by atoms with Gasteiger partial charge in [0.15, 0.2) is 0 Å². The Morgan fingerprint density at radius 3 is 2.31 bits per heavy atom. The van der Waals surface area contributed by atoms with Crippen molar-refractivity contribution in [3.8, 4) is 11.1 Å². The molecule has 1 aliphatic heterocycles. The first kappa shape index (κ1) is 22.7. The molecule has 3 aromatic rings. The summed E-state index contributed by atoms with van der Waals surface area (Å²) in [6, 6.07) is 20.4. The fourth-order valence-electron chi connectivity index (χ4n) is 5.03. The monoisotopic (exact) mass is 470 g/mol. The summed E-state index contributed by atoms with van der Waals surface area (Å²) in [7, 11) is 0. The van der Waals surface area contributed by atoms with Crippen LogP contribution in [0.1, 0.15) is 45.5 Å². The van der Waals surface area contributed by atoms with E-state index in [4.69, 9.17) is 4.74 Å². The van der Waals surface area contributed by atoms with Gasteiger partial charge in [-0.2, -0.15) is 0 Å². The first-order chi connectivity index (χ1) is 16.9. The fraction of sp³-hybridized carbons (Fsp3) is 0.250. The lowest BCUT2D eigenvalue weighted by Gasteiger charge is -2.31. The van der Waals surface area contributed by atoms with Gasteiger partial charge in [-0.15, -0.1) is 0 Å². The lowest BCUT2D eigenvalue weighted by molar-refractivity contribution is -0.133. The van der Waals surface area contributed by atoms with Crippen LogP contribution in [0.5, 0.6) is 0 Å². The van der Waals surface area contributed by atoms with Crippen molar-refractivity contribution in [1.29, 1.82) is 0 Å². The molecule has 0 unspecified atom stereocenters. The number of aromatic carboxylic acids is 1. The van der Waals surface area contributed by atoms with Crippen LogP contribution < -0.4 is 5.32 Å². The van der Waals surface area contributed by atoms with Gasteiger partial charge in [-0.25, -0.2) is 9.59 Å². The molecule has 3 aromatic carbocycles. The van der Waals surface area contributed by atoms with E-state index in [9.17, 15) is 19.5 Å². The molecule has 0 spiro atoms. The Labute approximate surface area is 203 Å². The number of ether oxygens (including phenoxy) is 1. The molecule has 1 atom stereocenters. The van der Waals surface area contributed by atoms with Gasteiger partial charge in [-0.05, 0) is 58.9 Å². The maximum atomic E-state index is 13.0. The Hall–Kier alpha value is -4.13. The van der Waals surface area contributed by atoms with Crippen molar-refractivity contribution in [3.63, 3.8) is 0 Å². The number of nitrogens with one attached hydrogen (secondary N) is 1. The van der Waals surface area contributed by atoms with Gasteiger partial charge in [0.1, 0.15) is 12.6 Å². The number of benzene rings is 3. The van der Waals surface area contributed by atoms with Crippen LogP contribution in [0, 0.1) is 0 Å². The molecule has 5 rings (SSSR count). The summed E-state index contributed by atoms with van der Waals surface area (Å²) in [5.41, 5.74) is 6.60. The van der Waals surface area contributed by atoms with Gasteiger partial charge >= 0.3 is 12.1 Å². The number of rotatable bonds is 5. The number of hydrogen-bond donors (Lipinski definition) is 2. The molecule has 0 saturated carbocycles. The van der Waals surface area contributed by atoms with Gasteiger partial charge in [0, 0.05) is 19.0 Å². The normalized spacial score (nSPS) is 14.9. The van der Waals surface area contributed by atoms with E-state index in [2.05, 4.69) is 29.6 Å². The molecule has 35 heavy (non-hydrogen) atoms. The molecule has 178 valence electrons. The van der Waals surface area contributed by atoms with Gasteiger partial charge in [0.2, 0.25) is 5.91 Å². The van der Waals surface area contributed by atoms with Crippen molar-refractivity contribution in [3.05, 3.63) is 94.5 Å². The molecule has 1 heterocycles. The summed E-state index contributed by atoms with van der Waals surface area (Å²) in [6.07, 6.45) is -0.00294. The van der Waals surface area contributed by atoms with E-state index in [1.807, 2.05) is 24.3 Å². The van der Waals surface area contributed by atoms with Gasteiger partial charge in [0.25, 0.3) is 0 Å². The Bertz CT molecular complexity index is 1270. The molecule has 7 nitrogen and oxygen atoms in total. The predicted octanol–water partition coefficient (Wildman–Crippen LogP) is 4.20. The third-order valence-electron chi connectivity index (χ3n) is 6.83. The van der Waals surface area contributed by atoms with Crippen molar-refractivity contribution < 1.29 is 24.2 Å². The zero-order valence-electron chi connectivity index (χ0n) is 19.4. The number of alkyl carbamates (subject to hydrolysis) is 1. The number of carboxylic acid groups (broad SMARTS) is 1. The van der Waals surface area contributed by atoms with Gasteiger partial charge in [-0.3, -0.25) is 4.79 Å². The lowest BCUT2D eigenvalue weighted by atomic mass is 9.97. The lowest BCUT2D eigenvalue weighted by Crippen LogP contribution is -2.48. The Balaban J connectivity index is 1.20. The summed E-state index contributed by atoms with van der Waals surface area (Å²) >= 11 is 0. The van der Waals surface area contributed by atoms with Crippen LogP contribution in [-0.2, 0) is 22.5 Å². The first-order valence-corrected chi connectivity index (χ1v) is 11.7. The first-order valence-electron chi connectivity index (χ1n) is 11.7. The molecule has 2 amide bonds. The Morgan fingerprint density at radius 1 is 1.00 bits per heavy atom. The Kier molecular flexibility index (Phi) is 5.99. The molecule has 2 aliphatic rings. The highest BCUT2D eigenvalue weighted by Gasteiger charge is 2.30. The Morgan fingerprint density at radius 2 is 1.66 bits per heavy atom. The number of carbonyl (C=O) groups is 3. The smallest absolute Gasteiger partial charge is 0.407 e. The second-order valence-corrected chi connectivity index (χ2v) is 8.99. The molecule has 0 radical (unpaired) electrons. The van der Waals surface area contributed by atoms with E-state index in [-0.39, 0.29) is 24.0 Å². The molecule has 1 aliphatic carbocycles. The number of carbonyl (C=O) groups excluding carboxylic acids is 2. The van der Waals surface area contributed by atoms with Crippen LogP contribution in [-0.4, -0.2) is 47.2 Å². The van der Waals surface area contributed by atoms with Crippen molar-refractivity contribution in [1.82, 2.24) is 10.2 Å². The molecular formula is C28H26N2O5. The van der Waals surface area contributed by atoms with E-state index in [0.29, 0.717) is 19.5 Å². The number of amides is 2. The van der Waals surface area contributed by atoms with Crippen molar-refractivity contribution >= 4 is 18.0 Å². The molecule has 0 saturated heterocycles. The van der Waals surface area contributed by atoms with E-state index in [0.717, 1.165) is 33.4 Å². The highest BCUT2D eigenvalue weighted by molar-refractivity contribution is 5.88. The van der Waals surface area contributed by atoms with Crippen LogP contribution in [0.15, 0.2) is 66.7 Å². The third-order valence-corrected chi connectivity index (χ3v) is 6.83. The summed E-state index contributed by atoms with van der Waals surface area (Å²) in [6.45, 7) is 2.63. The van der Waals surface area contributed by atoms with Crippen LogP contribution in [0.25, 0.3) is 11.1 Å². The largest absolute Gasteiger partial charge is 0.478 e. The van der Waals surface area contributed by atoms with Gasteiger partial charge in [0.05, 0.1) is 5.56 Å². The van der Waals surface area contributed by atoms with Crippen LogP contribution in [0.2, 0.25) is 0 Å². The number of fused-ring (bicyclic) bond motifs is 4. The zero-order chi connectivity index (χ0) is 24.5. The van der Waals surface area contributed by atoms with Crippen LogP contribution in [0.4, 0.5) is 4.79 Å². The zero-order valence-corrected chi connectivity index (χ0v) is 19.4. The van der Waals surface area contributed by atoms with Crippen LogP contribution in [0.3, 0.4) is 0 Å². The van der Waals surface area contributed by atoms with Gasteiger partial charge in [-0.1, -0.05) is 54.6 Å². The predicted molar refractivity (Wildman–Crippen MR) is 130 cm³/mol. The maximum absolute atomic E-state index is 13.0. The molecule has 0 aromatic heterocycles. The minimum absolute atomic E-state index is 0.0545. The average Bonchev–Trinajstić information content (AvgIpc) is 3.20. The van der Waals surface area contributed by atoms with Crippen LogP contribution >= 0.6 is 0 Å². The highest BCUT2D eigenvalue weighted by atomic mass is 16.5. The van der Waals surface area contributed by atoms with Gasteiger partial charge < -0.3 is 20.1 Å². The van der Waals surface area contributed by atoms with Crippen molar-refractivity contribution in [2.45, 2.75) is 31.8 Å². The number of carboxylic acids is 1. The average molecular weight is 471 g/mol. The minimum atomic E-state index is -0.999. The third kappa shape index (κ3) is 4.37. The number of nitrogens with zero attached hydrogens (tertiary/aromatic N) is 1. The molecular weight excluding hydrogens is 444 g/mol. The molecule has 2 N–H and O–H groups in total. The number of hydrogen-bond acceptors (Lipinski definition) is 4. The second kappa shape index (κ2) is 9.25. The van der Waals surface area contributed by atoms with E-state index in [1.54, 1.807) is 30.0 Å². The summed E-state index contributed by atoms with van der Waals surface area (Å²) in [5.74, 6) is -1.28. The van der Waals surface area contributed by atoms with E-state index in [1.165, 1.54) is 0 Å².